The molecule has 0 aromatic carbocycles. The van der Waals surface area contributed by atoms with Crippen molar-refractivity contribution in [2.75, 3.05) is 26.2 Å². The molecule has 116 valence electrons. The number of rotatable bonds is 6. The van der Waals surface area contributed by atoms with Gasteiger partial charge in [0.05, 0.1) is 18.8 Å². The summed E-state index contributed by atoms with van der Waals surface area (Å²) in [5, 5.41) is 3.19. The van der Waals surface area contributed by atoms with Gasteiger partial charge >= 0.3 is 0 Å². The van der Waals surface area contributed by atoms with Gasteiger partial charge in [0.2, 0.25) is 5.91 Å². The molecule has 0 spiro atoms. The molecule has 1 saturated heterocycles. The first kappa shape index (κ1) is 15.7. The van der Waals surface area contributed by atoms with Crippen LogP contribution in [0.15, 0.2) is 0 Å². The van der Waals surface area contributed by atoms with E-state index in [4.69, 9.17) is 10.5 Å². The van der Waals surface area contributed by atoms with Gasteiger partial charge in [-0.1, -0.05) is 12.8 Å². The third-order valence-corrected chi connectivity index (χ3v) is 4.58. The lowest BCUT2D eigenvalue weighted by Crippen LogP contribution is -2.51. The Morgan fingerprint density at radius 1 is 1.30 bits per heavy atom. The van der Waals surface area contributed by atoms with Crippen molar-refractivity contribution in [1.29, 1.82) is 0 Å². The number of hydrogen-bond acceptors (Lipinski definition) is 4. The van der Waals surface area contributed by atoms with Gasteiger partial charge in [0.1, 0.15) is 0 Å². The molecule has 0 radical (unpaired) electrons. The van der Waals surface area contributed by atoms with Gasteiger partial charge in [0.25, 0.3) is 0 Å². The van der Waals surface area contributed by atoms with E-state index < -0.39 is 0 Å². The molecular weight excluding hydrogens is 254 g/mol. The van der Waals surface area contributed by atoms with Crippen molar-refractivity contribution in [2.45, 2.75) is 63.6 Å². The average Bonchev–Trinajstić information content (AvgIpc) is 2.97. The summed E-state index contributed by atoms with van der Waals surface area (Å²) in [4.78, 5) is 14.5. The SMILES string of the molecule is CC(C(=O)NC1CCCC1)N1CCC(OCCN)CC1. The maximum absolute atomic E-state index is 12.3. The molecule has 1 atom stereocenters. The molecule has 20 heavy (non-hydrogen) atoms. The number of carbonyl (C=O) groups is 1. The summed E-state index contributed by atoms with van der Waals surface area (Å²) in [5.74, 6) is 0.193. The van der Waals surface area contributed by atoms with E-state index in [0.717, 1.165) is 38.8 Å². The molecule has 5 heteroatoms. The van der Waals surface area contributed by atoms with E-state index in [-0.39, 0.29) is 11.9 Å². The van der Waals surface area contributed by atoms with Gasteiger partial charge in [-0.25, -0.2) is 0 Å². The smallest absolute Gasteiger partial charge is 0.237 e. The number of hydrogen-bond donors (Lipinski definition) is 2. The quantitative estimate of drug-likeness (QED) is 0.759. The molecule has 3 N–H and O–H groups in total. The number of nitrogens with two attached hydrogens (primary N) is 1. The van der Waals surface area contributed by atoms with E-state index in [9.17, 15) is 4.79 Å². The lowest BCUT2D eigenvalue weighted by Gasteiger charge is -2.35. The standard InChI is InChI=1S/C15H29N3O2/c1-12(15(19)17-13-4-2-3-5-13)18-9-6-14(7-10-18)20-11-8-16/h12-14H,2-11,16H2,1H3,(H,17,19). The average molecular weight is 283 g/mol. The Morgan fingerprint density at radius 2 is 1.95 bits per heavy atom. The first-order chi connectivity index (χ1) is 9.70. The van der Waals surface area contributed by atoms with Crippen LogP contribution in [0.1, 0.15) is 45.4 Å². The predicted octanol–water partition coefficient (Wildman–Crippen LogP) is 0.873. The second kappa shape index (κ2) is 7.96. The Balaban J connectivity index is 1.70. The molecule has 2 fully saturated rings. The number of nitrogens with zero attached hydrogens (tertiary/aromatic N) is 1. The molecule has 1 unspecified atom stereocenters. The zero-order valence-electron chi connectivity index (χ0n) is 12.6. The molecule has 0 aromatic rings. The van der Waals surface area contributed by atoms with Crippen molar-refractivity contribution >= 4 is 5.91 Å². The van der Waals surface area contributed by atoms with E-state index in [1.165, 1.54) is 12.8 Å². The van der Waals surface area contributed by atoms with Gasteiger partial charge < -0.3 is 15.8 Å². The minimum atomic E-state index is -0.0222. The Hall–Kier alpha value is -0.650. The molecule has 1 aliphatic carbocycles. The van der Waals surface area contributed by atoms with Crippen LogP contribution in [0.5, 0.6) is 0 Å². The third-order valence-electron chi connectivity index (χ3n) is 4.58. The molecule has 1 saturated carbocycles. The Morgan fingerprint density at radius 3 is 2.55 bits per heavy atom. The number of likely N-dealkylation sites (tertiary alicyclic amines) is 1. The van der Waals surface area contributed by atoms with E-state index in [1.807, 2.05) is 6.92 Å². The number of carbonyl (C=O) groups excluding carboxylic acids is 1. The van der Waals surface area contributed by atoms with Crippen molar-refractivity contribution < 1.29 is 9.53 Å². The molecular formula is C15H29N3O2. The maximum Gasteiger partial charge on any atom is 0.237 e. The van der Waals surface area contributed by atoms with Crippen molar-refractivity contribution in [3.8, 4) is 0 Å². The number of ether oxygens (including phenoxy) is 1. The summed E-state index contributed by atoms with van der Waals surface area (Å²) >= 11 is 0. The number of amides is 1. The van der Waals surface area contributed by atoms with Crippen LogP contribution in [0.25, 0.3) is 0 Å². The maximum atomic E-state index is 12.3. The van der Waals surface area contributed by atoms with Crippen LogP contribution in [-0.2, 0) is 9.53 Å². The van der Waals surface area contributed by atoms with Crippen LogP contribution in [0.3, 0.4) is 0 Å². The third kappa shape index (κ3) is 4.43. The fourth-order valence-electron chi connectivity index (χ4n) is 3.22. The highest BCUT2D eigenvalue weighted by atomic mass is 16.5. The van der Waals surface area contributed by atoms with Gasteiger partial charge in [-0.2, -0.15) is 0 Å². The van der Waals surface area contributed by atoms with Crippen LogP contribution in [0, 0.1) is 0 Å². The zero-order valence-corrected chi connectivity index (χ0v) is 12.6. The largest absolute Gasteiger partial charge is 0.377 e. The first-order valence-corrected chi connectivity index (χ1v) is 8.07. The second-order valence-electron chi connectivity index (χ2n) is 6.06. The van der Waals surface area contributed by atoms with E-state index in [0.29, 0.717) is 25.3 Å². The van der Waals surface area contributed by atoms with E-state index in [2.05, 4.69) is 10.2 Å². The summed E-state index contributed by atoms with van der Waals surface area (Å²) < 4.78 is 5.68. The van der Waals surface area contributed by atoms with Gasteiger partial charge in [-0.3, -0.25) is 9.69 Å². The van der Waals surface area contributed by atoms with E-state index in [1.54, 1.807) is 0 Å². The van der Waals surface area contributed by atoms with Crippen LogP contribution < -0.4 is 11.1 Å². The van der Waals surface area contributed by atoms with Crippen molar-refractivity contribution in [1.82, 2.24) is 10.2 Å². The van der Waals surface area contributed by atoms with E-state index >= 15 is 0 Å². The molecule has 0 aromatic heterocycles. The fourth-order valence-corrected chi connectivity index (χ4v) is 3.22. The summed E-state index contributed by atoms with van der Waals surface area (Å²) in [6, 6.07) is 0.390. The number of piperidine rings is 1. The first-order valence-electron chi connectivity index (χ1n) is 8.07. The Kier molecular flexibility index (Phi) is 6.26. The van der Waals surface area contributed by atoms with Crippen LogP contribution >= 0.6 is 0 Å². The van der Waals surface area contributed by atoms with Gasteiger partial charge in [-0.05, 0) is 32.6 Å². The van der Waals surface area contributed by atoms with Crippen molar-refractivity contribution in [3.05, 3.63) is 0 Å². The van der Waals surface area contributed by atoms with Crippen molar-refractivity contribution in [2.24, 2.45) is 5.73 Å². The second-order valence-corrected chi connectivity index (χ2v) is 6.06. The van der Waals surface area contributed by atoms with Crippen LogP contribution in [0.4, 0.5) is 0 Å². The molecule has 1 heterocycles. The Bertz CT molecular complexity index is 297. The molecule has 0 bridgehead atoms. The summed E-state index contributed by atoms with van der Waals surface area (Å²) in [5.41, 5.74) is 5.45. The monoisotopic (exact) mass is 283 g/mol. The Labute approximate surface area is 122 Å². The predicted molar refractivity (Wildman–Crippen MR) is 79.5 cm³/mol. The van der Waals surface area contributed by atoms with Crippen LogP contribution in [0.2, 0.25) is 0 Å². The lowest BCUT2D eigenvalue weighted by molar-refractivity contribution is -0.127. The highest BCUT2D eigenvalue weighted by molar-refractivity contribution is 5.81. The number of nitrogens with one attached hydrogen (secondary N) is 1. The minimum Gasteiger partial charge on any atom is -0.377 e. The molecule has 1 amide bonds. The van der Waals surface area contributed by atoms with Crippen molar-refractivity contribution in [3.63, 3.8) is 0 Å². The van der Waals surface area contributed by atoms with Crippen LogP contribution in [-0.4, -0.2) is 55.2 Å². The summed E-state index contributed by atoms with van der Waals surface area (Å²) in [7, 11) is 0. The molecule has 5 nitrogen and oxygen atoms in total. The molecule has 2 aliphatic rings. The summed E-state index contributed by atoms with van der Waals surface area (Å²) in [6.45, 7) is 5.12. The normalized spacial score (nSPS) is 23.9. The fraction of sp³-hybridized carbons (Fsp3) is 0.933. The van der Waals surface area contributed by atoms with Gasteiger partial charge in [0, 0.05) is 25.7 Å². The highest BCUT2D eigenvalue weighted by Crippen LogP contribution is 2.19. The van der Waals surface area contributed by atoms with Gasteiger partial charge in [-0.15, -0.1) is 0 Å². The minimum absolute atomic E-state index is 0.0222. The summed E-state index contributed by atoms with van der Waals surface area (Å²) in [6.07, 6.45) is 7.12. The lowest BCUT2D eigenvalue weighted by atomic mass is 10.1. The highest BCUT2D eigenvalue weighted by Gasteiger charge is 2.28. The zero-order chi connectivity index (χ0) is 14.4. The molecule has 2 rings (SSSR count). The molecule has 1 aliphatic heterocycles. The topological polar surface area (TPSA) is 67.6 Å². The van der Waals surface area contributed by atoms with Gasteiger partial charge in [0.15, 0.2) is 0 Å².